The predicted molar refractivity (Wildman–Crippen MR) is 123 cm³/mol. The number of furan rings is 1. The third-order valence-electron chi connectivity index (χ3n) is 5.64. The van der Waals surface area contributed by atoms with E-state index in [0.717, 1.165) is 63.5 Å². The third kappa shape index (κ3) is 7.08. The predicted octanol–water partition coefficient (Wildman–Crippen LogP) is 2.47. The topological polar surface area (TPSA) is 86.5 Å². The average molecular weight is 535 g/mol. The van der Waals surface area contributed by atoms with Crippen LogP contribution in [-0.2, 0) is 25.4 Å². The molecule has 0 aliphatic carbocycles. The highest BCUT2D eigenvalue weighted by Gasteiger charge is 2.42. The second-order valence-corrected chi connectivity index (χ2v) is 7.89. The van der Waals surface area contributed by atoms with E-state index in [1.54, 1.807) is 6.26 Å². The van der Waals surface area contributed by atoms with Crippen LogP contribution < -0.4 is 10.6 Å². The fourth-order valence-electron chi connectivity index (χ4n) is 3.96. The summed E-state index contributed by atoms with van der Waals surface area (Å²) in [6, 6.07) is 3.89. The molecule has 30 heavy (non-hydrogen) atoms. The molecule has 3 aliphatic rings. The van der Waals surface area contributed by atoms with Crippen molar-refractivity contribution in [3.63, 3.8) is 0 Å². The number of hydrogen-bond acceptors (Lipinski definition) is 6. The van der Waals surface area contributed by atoms with E-state index in [2.05, 4.69) is 10.6 Å². The fourth-order valence-corrected chi connectivity index (χ4v) is 3.96. The van der Waals surface area contributed by atoms with Gasteiger partial charge in [0.2, 0.25) is 0 Å². The molecule has 2 unspecified atom stereocenters. The summed E-state index contributed by atoms with van der Waals surface area (Å²) in [6.07, 6.45) is 7.79. The van der Waals surface area contributed by atoms with Gasteiger partial charge in [0.15, 0.2) is 11.7 Å². The minimum absolute atomic E-state index is 0. The van der Waals surface area contributed by atoms with E-state index in [0.29, 0.717) is 26.4 Å². The molecule has 0 bridgehead atoms. The molecule has 9 heteroatoms. The lowest BCUT2D eigenvalue weighted by molar-refractivity contribution is -0.210. The lowest BCUT2D eigenvalue weighted by atomic mass is 10.1. The Balaban J connectivity index is 0.00000256. The summed E-state index contributed by atoms with van der Waals surface area (Å²) in [6.45, 7) is 4.88. The molecule has 1 aromatic heterocycles. The highest BCUT2D eigenvalue weighted by Crippen LogP contribution is 2.33. The molecular weight excluding hydrogens is 501 g/mol. The van der Waals surface area contributed by atoms with E-state index in [9.17, 15) is 0 Å². The minimum atomic E-state index is -0.464. The number of aliphatic imine (C=N–C) groups is 1. The first-order chi connectivity index (χ1) is 14.3. The standard InChI is InChI=1S/C21H33N3O5.HI/c1-2-10-27-18(4-1)14-23-20(22-9-6-17-5-3-11-26-17)24-15-19-16-28-21(29-19)7-12-25-13-8-21;/h3,5,11,18-19H,1-2,4,6-10,12-16H2,(H2,22,23,24);1H. The van der Waals surface area contributed by atoms with Crippen molar-refractivity contribution in [2.24, 2.45) is 4.99 Å². The molecule has 4 rings (SSSR count). The molecule has 1 spiro atoms. The normalized spacial score (nSPS) is 26.3. The Morgan fingerprint density at radius 3 is 2.80 bits per heavy atom. The zero-order chi connectivity index (χ0) is 19.8. The zero-order valence-electron chi connectivity index (χ0n) is 17.5. The summed E-state index contributed by atoms with van der Waals surface area (Å²) in [7, 11) is 0. The first-order valence-corrected chi connectivity index (χ1v) is 10.9. The van der Waals surface area contributed by atoms with Crippen molar-refractivity contribution in [1.82, 2.24) is 10.6 Å². The molecule has 3 fully saturated rings. The van der Waals surface area contributed by atoms with Gasteiger partial charge >= 0.3 is 0 Å². The number of halogens is 1. The number of rotatable bonds is 7. The Bertz CT molecular complexity index is 631. The Morgan fingerprint density at radius 1 is 1.13 bits per heavy atom. The molecule has 0 amide bonds. The van der Waals surface area contributed by atoms with Crippen LogP contribution >= 0.6 is 24.0 Å². The second kappa shape index (κ2) is 12.2. The van der Waals surface area contributed by atoms with Gasteiger partial charge in [0.05, 0.1) is 38.7 Å². The summed E-state index contributed by atoms with van der Waals surface area (Å²) in [4.78, 5) is 4.76. The van der Waals surface area contributed by atoms with E-state index < -0.39 is 5.79 Å². The van der Waals surface area contributed by atoms with Gasteiger partial charge in [0.1, 0.15) is 11.9 Å². The van der Waals surface area contributed by atoms with Crippen LogP contribution in [-0.4, -0.2) is 70.0 Å². The van der Waals surface area contributed by atoms with Gasteiger partial charge in [0.25, 0.3) is 0 Å². The zero-order valence-corrected chi connectivity index (χ0v) is 19.8. The second-order valence-electron chi connectivity index (χ2n) is 7.89. The van der Waals surface area contributed by atoms with Crippen LogP contribution in [0.1, 0.15) is 37.9 Å². The SMILES string of the molecule is I.c1coc(CCNC(=NCC2COC3(CCOCC3)O2)NCC2CCCCO2)c1. The van der Waals surface area contributed by atoms with E-state index in [1.165, 1.54) is 6.42 Å². The molecule has 0 aromatic carbocycles. The lowest BCUT2D eigenvalue weighted by Crippen LogP contribution is -2.43. The summed E-state index contributed by atoms with van der Waals surface area (Å²) in [5, 5.41) is 6.83. The van der Waals surface area contributed by atoms with Crippen molar-refractivity contribution >= 4 is 29.9 Å². The van der Waals surface area contributed by atoms with Crippen molar-refractivity contribution in [3.05, 3.63) is 24.2 Å². The maximum atomic E-state index is 6.19. The summed E-state index contributed by atoms with van der Waals surface area (Å²) in [5.74, 6) is 1.28. The molecule has 1 aromatic rings. The third-order valence-corrected chi connectivity index (χ3v) is 5.64. The Morgan fingerprint density at radius 2 is 2.03 bits per heavy atom. The van der Waals surface area contributed by atoms with Gasteiger partial charge in [-0.1, -0.05) is 0 Å². The average Bonchev–Trinajstić information content (AvgIpc) is 3.41. The van der Waals surface area contributed by atoms with Crippen LogP contribution in [0, 0.1) is 0 Å². The Hall–Kier alpha value is -0.880. The first-order valence-electron chi connectivity index (χ1n) is 10.9. The monoisotopic (exact) mass is 535 g/mol. The molecule has 8 nitrogen and oxygen atoms in total. The number of hydrogen-bond donors (Lipinski definition) is 2. The molecule has 2 atom stereocenters. The Labute approximate surface area is 195 Å². The van der Waals surface area contributed by atoms with Crippen LogP contribution in [0.3, 0.4) is 0 Å². The van der Waals surface area contributed by atoms with Gasteiger partial charge in [-0.25, -0.2) is 0 Å². The quantitative estimate of drug-likeness (QED) is 0.315. The van der Waals surface area contributed by atoms with Crippen LogP contribution in [0.2, 0.25) is 0 Å². The number of nitrogens with one attached hydrogen (secondary N) is 2. The molecular formula is C21H34IN3O5. The maximum absolute atomic E-state index is 6.19. The molecule has 2 N–H and O–H groups in total. The van der Waals surface area contributed by atoms with Crippen LogP contribution in [0.4, 0.5) is 0 Å². The van der Waals surface area contributed by atoms with Gasteiger partial charge in [-0.2, -0.15) is 0 Å². The van der Waals surface area contributed by atoms with E-state index in [4.69, 9.17) is 28.4 Å². The molecule has 170 valence electrons. The van der Waals surface area contributed by atoms with Crippen molar-refractivity contribution in [1.29, 1.82) is 0 Å². The smallest absolute Gasteiger partial charge is 0.191 e. The van der Waals surface area contributed by atoms with Gasteiger partial charge in [-0.15, -0.1) is 24.0 Å². The van der Waals surface area contributed by atoms with Crippen molar-refractivity contribution in [2.75, 3.05) is 46.1 Å². The highest BCUT2D eigenvalue weighted by atomic mass is 127. The molecule has 0 radical (unpaired) electrons. The summed E-state index contributed by atoms with van der Waals surface area (Å²) in [5.41, 5.74) is 0. The van der Waals surface area contributed by atoms with Crippen LogP contribution in [0.25, 0.3) is 0 Å². The van der Waals surface area contributed by atoms with Gasteiger partial charge in [-0.3, -0.25) is 4.99 Å². The minimum Gasteiger partial charge on any atom is -0.469 e. The van der Waals surface area contributed by atoms with Gasteiger partial charge < -0.3 is 34.0 Å². The van der Waals surface area contributed by atoms with Crippen molar-refractivity contribution < 1.29 is 23.4 Å². The van der Waals surface area contributed by atoms with Gasteiger partial charge in [0, 0.05) is 39.0 Å². The first kappa shape index (κ1) is 23.8. The fraction of sp³-hybridized carbons (Fsp3) is 0.762. The van der Waals surface area contributed by atoms with Crippen molar-refractivity contribution in [2.45, 2.75) is 56.5 Å². The largest absolute Gasteiger partial charge is 0.469 e. The van der Waals surface area contributed by atoms with Crippen LogP contribution in [0.15, 0.2) is 27.8 Å². The van der Waals surface area contributed by atoms with Gasteiger partial charge in [-0.05, 0) is 31.4 Å². The maximum Gasteiger partial charge on any atom is 0.191 e. The summed E-state index contributed by atoms with van der Waals surface area (Å²) < 4.78 is 28.8. The van der Waals surface area contributed by atoms with E-state index >= 15 is 0 Å². The number of ether oxygens (including phenoxy) is 4. The molecule has 4 heterocycles. The van der Waals surface area contributed by atoms with E-state index in [1.807, 2.05) is 12.1 Å². The lowest BCUT2D eigenvalue weighted by Gasteiger charge is -2.31. The van der Waals surface area contributed by atoms with E-state index in [-0.39, 0.29) is 36.2 Å². The number of guanidine groups is 1. The molecule has 3 aliphatic heterocycles. The Kier molecular flexibility index (Phi) is 9.69. The summed E-state index contributed by atoms with van der Waals surface area (Å²) >= 11 is 0. The van der Waals surface area contributed by atoms with Crippen LogP contribution in [0.5, 0.6) is 0 Å². The highest BCUT2D eigenvalue weighted by molar-refractivity contribution is 14.0. The van der Waals surface area contributed by atoms with Crippen molar-refractivity contribution in [3.8, 4) is 0 Å². The number of nitrogens with zero attached hydrogens (tertiary/aromatic N) is 1. The molecule has 0 saturated carbocycles. The molecule has 3 saturated heterocycles.